The fraction of sp³-hybridized carbons (Fsp3) is 0.588. The van der Waals surface area contributed by atoms with Gasteiger partial charge in [-0.1, -0.05) is 11.6 Å². The van der Waals surface area contributed by atoms with Gasteiger partial charge in [0.25, 0.3) is 0 Å². The van der Waals surface area contributed by atoms with Crippen molar-refractivity contribution in [2.45, 2.75) is 12.8 Å². The Bertz CT molecular complexity index is 489. The molecule has 6 heteroatoms. The second-order valence-corrected chi connectivity index (χ2v) is 6.15. The molecule has 0 amide bonds. The van der Waals surface area contributed by atoms with Crippen molar-refractivity contribution in [1.82, 2.24) is 10.2 Å². The number of aliphatic imine (C=N–C) groups is 1. The van der Waals surface area contributed by atoms with Gasteiger partial charge in [-0.05, 0) is 43.0 Å². The molecule has 0 heterocycles. The summed E-state index contributed by atoms with van der Waals surface area (Å²) in [6.07, 6.45) is 2.65. The van der Waals surface area contributed by atoms with Crippen molar-refractivity contribution in [1.29, 1.82) is 0 Å². The summed E-state index contributed by atoms with van der Waals surface area (Å²) in [5.41, 5.74) is 0. The molecule has 0 aromatic heterocycles. The van der Waals surface area contributed by atoms with Gasteiger partial charge in [0.05, 0.1) is 13.2 Å². The SMILES string of the molecule is CN=C(NCCOCC1CC1)N(C)CCOc1ccc(Cl)cc1. The maximum absolute atomic E-state index is 5.85. The Morgan fingerprint density at radius 2 is 2.04 bits per heavy atom. The highest BCUT2D eigenvalue weighted by Gasteiger charge is 2.20. The highest BCUT2D eigenvalue weighted by Crippen LogP contribution is 2.28. The van der Waals surface area contributed by atoms with Gasteiger partial charge in [0.15, 0.2) is 5.96 Å². The van der Waals surface area contributed by atoms with Crippen LogP contribution in [0, 0.1) is 5.92 Å². The number of likely N-dealkylation sites (N-methyl/N-ethyl adjacent to an activating group) is 1. The lowest BCUT2D eigenvalue weighted by Gasteiger charge is -2.22. The Morgan fingerprint density at radius 3 is 2.70 bits per heavy atom. The second kappa shape index (κ2) is 9.63. The smallest absolute Gasteiger partial charge is 0.193 e. The van der Waals surface area contributed by atoms with Gasteiger partial charge in [0.1, 0.15) is 12.4 Å². The molecule has 1 aliphatic carbocycles. The van der Waals surface area contributed by atoms with Crippen molar-refractivity contribution in [3.63, 3.8) is 0 Å². The molecule has 0 unspecified atom stereocenters. The third kappa shape index (κ3) is 7.10. The summed E-state index contributed by atoms with van der Waals surface area (Å²) in [5, 5.41) is 4.01. The fourth-order valence-corrected chi connectivity index (χ4v) is 2.22. The van der Waals surface area contributed by atoms with Crippen LogP contribution in [0.5, 0.6) is 5.75 Å². The predicted molar refractivity (Wildman–Crippen MR) is 94.5 cm³/mol. The Morgan fingerprint density at radius 1 is 1.30 bits per heavy atom. The summed E-state index contributed by atoms with van der Waals surface area (Å²) in [7, 11) is 3.77. The van der Waals surface area contributed by atoms with Crippen LogP contribution in [0.2, 0.25) is 5.02 Å². The van der Waals surface area contributed by atoms with Crippen molar-refractivity contribution >= 4 is 17.6 Å². The summed E-state index contributed by atoms with van der Waals surface area (Å²) in [4.78, 5) is 6.31. The molecule has 1 N–H and O–H groups in total. The minimum atomic E-state index is 0.580. The molecule has 1 aromatic carbocycles. The first-order chi connectivity index (χ1) is 11.2. The molecule has 0 aliphatic heterocycles. The van der Waals surface area contributed by atoms with E-state index < -0.39 is 0 Å². The molecule has 1 fully saturated rings. The van der Waals surface area contributed by atoms with Crippen LogP contribution in [0.25, 0.3) is 0 Å². The minimum absolute atomic E-state index is 0.580. The molecule has 0 radical (unpaired) electrons. The zero-order chi connectivity index (χ0) is 16.5. The summed E-state index contributed by atoms with van der Waals surface area (Å²) in [6.45, 7) is 3.69. The zero-order valence-electron chi connectivity index (χ0n) is 13.9. The Kier molecular flexibility index (Phi) is 7.49. The number of nitrogens with one attached hydrogen (secondary N) is 1. The largest absolute Gasteiger partial charge is 0.492 e. The number of hydrogen-bond donors (Lipinski definition) is 1. The predicted octanol–water partition coefficient (Wildman–Crippen LogP) is 2.65. The molecular weight excluding hydrogens is 314 g/mol. The summed E-state index contributed by atoms with van der Waals surface area (Å²) < 4.78 is 11.3. The van der Waals surface area contributed by atoms with E-state index >= 15 is 0 Å². The van der Waals surface area contributed by atoms with Crippen LogP contribution < -0.4 is 10.1 Å². The quantitative estimate of drug-likeness (QED) is 0.427. The van der Waals surface area contributed by atoms with E-state index in [1.165, 1.54) is 12.8 Å². The average molecular weight is 340 g/mol. The number of benzene rings is 1. The zero-order valence-corrected chi connectivity index (χ0v) is 14.7. The maximum Gasteiger partial charge on any atom is 0.193 e. The fourth-order valence-electron chi connectivity index (χ4n) is 2.09. The molecule has 0 bridgehead atoms. The average Bonchev–Trinajstić information content (AvgIpc) is 3.37. The van der Waals surface area contributed by atoms with E-state index in [0.29, 0.717) is 18.2 Å². The normalized spacial score (nSPS) is 14.7. The highest BCUT2D eigenvalue weighted by atomic mass is 35.5. The number of rotatable bonds is 9. The molecular formula is C17H26ClN3O2. The highest BCUT2D eigenvalue weighted by molar-refractivity contribution is 6.30. The van der Waals surface area contributed by atoms with Crippen LogP contribution in [-0.2, 0) is 4.74 Å². The van der Waals surface area contributed by atoms with Crippen LogP contribution in [0.1, 0.15) is 12.8 Å². The number of guanidine groups is 1. The van der Waals surface area contributed by atoms with Gasteiger partial charge in [-0.3, -0.25) is 4.99 Å². The van der Waals surface area contributed by atoms with E-state index in [4.69, 9.17) is 21.1 Å². The van der Waals surface area contributed by atoms with Crippen molar-refractivity contribution in [2.75, 3.05) is 47.0 Å². The van der Waals surface area contributed by atoms with E-state index in [1.54, 1.807) is 7.05 Å². The topological polar surface area (TPSA) is 46.1 Å². The number of ether oxygens (including phenoxy) is 2. The molecule has 1 saturated carbocycles. The standard InChI is InChI=1S/C17H26ClN3O2/c1-19-17(20-9-11-22-13-14-3-4-14)21(2)10-12-23-16-7-5-15(18)6-8-16/h5-8,14H,3-4,9-13H2,1-2H3,(H,19,20). The third-order valence-electron chi connectivity index (χ3n) is 3.66. The van der Waals surface area contributed by atoms with E-state index in [0.717, 1.165) is 37.3 Å². The first-order valence-corrected chi connectivity index (χ1v) is 8.44. The van der Waals surface area contributed by atoms with Crippen molar-refractivity contribution < 1.29 is 9.47 Å². The van der Waals surface area contributed by atoms with Crippen molar-refractivity contribution in [3.8, 4) is 5.75 Å². The molecule has 0 saturated heterocycles. The number of nitrogens with zero attached hydrogens (tertiary/aromatic N) is 2. The van der Waals surface area contributed by atoms with Crippen molar-refractivity contribution in [3.05, 3.63) is 29.3 Å². The molecule has 5 nitrogen and oxygen atoms in total. The third-order valence-corrected chi connectivity index (χ3v) is 3.91. The molecule has 2 rings (SSSR count). The Hall–Kier alpha value is -1.46. The molecule has 23 heavy (non-hydrogen) atoms. The van der Waals surface area contributed by atoms with Gasteiger partial charge < -0.3 is 19.7 Å². The summed E-state index contributed by atoms with van der Waals surface area (Å²) >= 11 is 5.85. The molecule has 1 aliphatic rings. The van der Waals surface area contributed by atoms with E-state index in [1.807, 2.05) is 36.2 Å². The van der Waals surface area contributed by atoms with Gasteiger partial charge in [0, 0.05) is 32.3 Å². The van der Waals surface area contributed by atoms with Crippen LogP contribution in [-0.4, -0.2) is 57.9 Å². The van der Waals surface area contributed by atoms with E-state index in [9.17, 15) is 0 Å². The van der Waals surface area contributed by atoms with Gasteiger partial charge >= 0.3 is 0 Å². The lowest BCUT2D eigenvalue weighted by molar-refractivity contribution is 0.128. The molecule has 128 valence electrons. The van der Waals surface area contributed by atoms with Gasteiger partial charge in [-0.25, -0.2) is 0 Å². The Labute approximate surface area is 143 Å². The van der Waals surface area contributed by atoms with Crippen molar-refractivity contribution in [2.24, 2.45) is 10.9 Å². The molecule has 1 aromatic rings. The van der Waals surface area contributed by atoms with Crippen LogP contribution >= 0.6 is 11.6 Å². The van der Waals surface area contributed by atoms with Crippen LogP contribution in [0.15, 0.2) is 29.3 Å². The van der Waals surface area contributed by atoms with E-state index in [2.05, 4.69) is 10.3 Å². The van der Waals surface area contributed by atoms with Gasteiger partial charge in [0.2, 0.25) is 0 Å². The second-order valence-electron chi connectivity index (χ2n) is 5.72. The lowest BCUT2D eigenvalue weighted by Crippen LogP contribution is -2.42. The summed E-state index contributed by atoms with van der Waals surface area (Å²) in [6, 6.07) is 7.38. The van der Waals surface area contributed by atoms with Crippen LogP contribution in [0.3, 0.4) is 0 Å². The Balaban J connectivity index is 1.59. The van der Waals surface area contributed by atoms with Gasteiger partial charge in [-0.2, -0.15) is 0 Å². The van der Waals surface area contributed by atoms with Gasteiger partial charge in [-0.15, -0.1) is 0 Å². The van der Waals surface area contributed by atoms with Crippen LogP contribution in [0.4, 0.5) is 0 Å². The first kappa shape index (κ1) is 17.9. The molecule has 0 atom stereocenters. The summed E-state index contributed by atoms with van der Waals surface area (Å²) in [5.74, 6) is 2.47. The number of halogens is 1. The number of hydrogen-bond acceptors (Lipinski definition) is 3. The lowest BCUT2D eigenvalue weighted by atomic mass is 10.3. The maximum atomic E-state index is 5.85. The monoisotopic (exact) mass is 339 g/mol. The minimum Gasteiger partial charge on any atom is -0.492 e. The first-order valence-electron chi connectivity index (χ1n) is 8.07. The molecule has 0 spiro atoms. The van der Waals surface area contributed by atoms with E-state index in [-0.39, 0.29) is 0 Å².